The van der Waals surface area contributed by atoms with E-state index in [4.69, 9.17) is 9.47 Å². The third-order valence-electron chi connectivity index (χ3n) is 3.76. The van der Waals surface area contributed by atoms with Crippen LogP contribution in [0.2, 0.25) is 0 Å². The Hall–Kier alpha value is -2.49. The third-order valence-corrected chi connectivity index (χ3v) is 3.76. The Morgan fingerprint density at radius 3 is 2.59 bits per heavy atom. The van der Waals surface area contributed by atoms with Crippen LogP contribution in [-0.2, 0) is 11.4 Å². The van der Waals surface area contributed by atoms with Crippen LogP contribution in [0.5, 0.6) is 11.5 Å². The van der Waals surface area contributed by atoms with Crippen LogP contribution in [0, 0.1) is 0 Å². The maximum atomic E-state index is 11.7. The van der Waals surface area contributed by atoms with Crippen molar-refractivity contribution in [2.45, 2.75) is 19.4 Å². The minimum atomic E-state index is 0.199. The monoisotopic (exact) mass is 297 g/mol. The summed E-state index contributed by atoms with van der Waals surface area (Å²) in [4.78, 5) is 13.5. The Labute approximate surface area is 130 Å². The molecule has 1 saturated heterocycles. The topological polar surface area (TPSA) is 38.8 Å². The molecule has 3 rings (SSSR count). The van der Waals surface area contributed by atoms with E-state index in [2.05, 4.69) is 0 Å². The molecular weight excluding hydrogens is 278 g/mol. The van der Waals surface area contributed by atoms with E-state index >= 15 is 0 Å². The quantitative estimate of drug-likeness (QED) is 0.849. The predicted molar refractivity (Wildman–Crippen MR) is 85.4 cm³/mol. The Morgan fingerprint density at radius 1 is 1.09 bits per heavy atom. The molecule has 0 spiro atoms. The lowest BCUT2D eigenvalue weighted by atomic mass is 10.2. The first kappa shape index (κ1) is 14.4. The minimum absolute atomic E-state index is 0.199. The molecule has 0 aliphatic carbocycles. The first-order chi connectivity index (χ1) is 10.8. The van der Waals surface area contributed by atoms with Gasteiger partial charge < -0.3 is 14.4 Å². The van der Waals surface area contributed by atoms with Crippen molar-refractivity contribution in [3.05, 3.63) is 54.1 Å². The SMILES string of the molecule is COc1cccc(COc2ccc(N3CCCC3=O)cc2)c1. The number of hydrogen-bond acceptors (Lipinski definition) is 3. The Bertz CT molecular complexity index is 652. The second-order valence-electron chi connectivity index (χ2n) is 5.28. The molecule has 114 valence electrons. The zero-order valence-corrected chi connectivity index (χ0v) is 12.6. The molecule has 1 aliphatic rings. The zero-order chi connectivity index (χ0) is 15.4. The van der Waals surface area contributed by atoms with Crippen LogP contribution in [0.1, 0.15) is 18.4 Å². The summed E-state index contributed by atoms with van der Waals surface area (Å²) in [5.41, 5.74) is 1.99. The maximum Gasteiger partial charge on any atom is 0.227 e. The van der Waals surface area contributed by atoms with E-state index in [1.807, 2.05) is 53.4 Å². The fraction of sp³-hybridized carbons (Fsp3) is 0.278. The molecule has 0 radical (unpaired) electrons. The second kappa shape index (κ2) is 6.52. The number of benzene rings is 2. The first-order valence-corrected chi connectivity index (χ1v) is 7.42. The van der Waals surface area contributed by atoms with E-state index in [1.54, 1.807) is 7.11 Å². The molecule has 0 unspecified atom stereocenters. The number of methoxy groups -OCH3 is 1. The van der Waals surface area contributed by atoms with E-state index in [0.717, 1.165) is 35.7 Å². The van der Waals surface area contributed by atoms with Gasteiger partial charge in [-0.3, -0.25) is 4.79 Å². The number of carbonyl (C=O) groups is 1. The number of ether oxygens (including phenoxy) is 2. The third kappa shape index (κ3) is 3.22. The lowest BCUT2D eigenvalue weighted by Gasteiger charge is -2.16. The number of anilines is 1. The molecular formula is C18H19NO3. The molecule has 0 N–H and O–H groups in total. The summed E-state index contributed by atoms with van der Waals surface area (Å²) in [5, 5.41) is 0. The average molecular weight is 297 g/mol. The van der Waals surface area contributed by atoms with Crippen molar-refractivity contribution in [2.75, 3.05) is 18.6 Å². The van der Waals surface area contributed by atoms with Gasteiger partial charge in [0.05, 0.1) is 7.11 Å². The molecule has 2 aromatic rings. The molecule has 0 saturated carbocycles. The summed E-state index contributed by atoms with van der Waals surface area (Å²) in [6.45, 7) is 1.29. The molecule has 1 amide bonds. The van der Waals surface area contributed by atoms with Crippen LogP contribution >= 0.6 is 0 Å². The molecule has 0 aromatic heterocycles. The van der Waals surface area contributed by atoms with Crippen molar-refractivity contribution < 1.29 is 14.3 Å². The standard InChI is InChI=1S/C18H19NO3/c1-21-17-5-2-4-14(12-17)13-22-16-9-7-15(8-10-16)19-11-3-6-18(19)20/h2,4-5,7-10,12H,3,6,11,13H2,1H3. The Kier molecular flexibility index (Phi) is 4.28. The lowest BCUT2D eigenvalue weighted by molar-refractivity contribution is -0.117. The van der Waals surface area contributed by atoms with Crippen LogP contribution in [0.3, 0.4) is 0 Å². The summed E-state index contributed by atoms with van der Waals surface area (Å²) in [7, 11) is 1.65. The molecule has 1 aliphatic heterocycles. The first-order valence-electron chi connectivity index (χ1n) is 7.42. The van der Waals surface area contributed by atoms with Gasteiger partial charge in [-0.2, -0.15) is 0 Å². The molecule has 0 atom stereocenters. The van der Waals surface area contributed by atoms with Crippen LogP contribution in [0.15, 0.2) is 48.5 Å². The van der Waals surface area contributed by atoms with Gasteiger partial charge in [-0.15, -0.1) is 0 Å². The van der Waals surface area contributed by atoms with Gasteiger partial charge in [0.1, 0.15) is 18.1 Å². The molecule has 22 heavy (non-hydrogen) atoms. The largest absolute Gasteiger partial charge is 0.497 e. The van der Waals surface area contributed by atoms with Gasteiger partial charge in [-0.25, -0.2) is 0 Å². The Balaban J connectivity index is 1.62. The highest BCUT2D eigenvalue weighted by Gasteiger charge is 2.21. The molecule has 1 fully saturated rings. The van der Waals surface area contributed by atoms with Crippen molar-refractivity contribution in [1.82, 2.24) is 0 Å². The highest BCUT2D eigenvalue weighted by molar-refractivity contribution is 5.95. The van der Waals surface area contributed by atoms with Crippen molar-refractivity contribution in [1.29, 1.82) is 0 Å². The molecule has 4 nitrogen and oxygen atoms in total. The van der Waals surface area contributed by atoms with Crippen LogP contribution in [-0.4, -0.2) is 19.6 Å². The average Bonchev–Trinajstić information content (AvgIpc) is 3.00. The summed E-state index contributed by atoms with van der Waals surface area (Å²) < 4.78 is 11.0. The van der Waals surface area contributed by atoms with E-state index in [0.29, 0.717) is 13.0 Å². The van der Waals surface area contributed by atoms with Crippen molar-refractivity contribution >= 4 is 11.6 Å². The van der Waals surface area contributed by atoms with Crippen LogP contribution in [0.25, 0.3) is 0 Å². The summed E-state index contributed by atoms with van der Waals surface area (Å²) in [6.07, 6.45) is 1.58. The normalized spacial score (nSPS) is 14.2. The predicted octanol–water partition coefficient (Wildman–Crippen LogP) is 3.40. The van der Waals surface area contributed by atoms with Gasteiger partial charge >= 0.3 is 0 Å². The van der Waals surface area contributed by atoms with E-state index in [-0.39, 0.29) is 5.91 Å². The second-order valence-corrected chi connectivity index (χ2v) is 5.28. The molecule has 0 bridgehead atoms. The fourth-order valence-corrected chi connectivity index (χ4v) is 2.57. The van der Waals surface area contributed by atoms with Crippen molar-refractivity contribution in [2.24, 2.45) is 0 Å². The van der Waals surface area contributed by atoms with Gasteiger partial charge in [-0.05, 0) is 48.4 Å². The number of nitrogens with zero attached hydrogens (tertiary/aromatic N) is 1. The van der Waals surface area contributed by atoms with E-state index in [1.165, 1.54) is 0 Å². The molecule has 1 heterocycles. The summed E-state index contributed by atoms with van der Waals surface area (Å²) in [5.74, 6) is 1.81. The van der Waals surface area contributed by atoms with Gasteiger partial charge in [0, 0.05) is 18.7 Å². The summed E-state index contributed by atoms with van der Waals surface area (Å²) in [6, 6.07) is 15.5. The highest BCUT2D eigenvalue weighted by atomic mass is 16.5. The van der Waals surface area contributed by atoms with Gasteiger partial charge in [0.2, 0.25) is 5.91 Å². The lowest BCUT2D eigenvalue weighted by Crippen LogP contribution is -2.23. The van der Waals surface area contributed by atoms with Gasteiger partial charge in [0.15, 0.2) is 0 Å². The van der Waals surface area contributed by atoms with E-state index in [9.17, 15) is 4.79 Å². The number of amides is 1. The number of rotatable bonds is 5. The smallest absolute Gasteiger partial charge is 0.227 e. The fourth-order valence-electron chi connectivity index (χ4n) is 2.57. The number of carbonyl (C=O) groups excluding carboxylic acids is 1. The van der Waals surface area contributed by atoms with Gasteiger partial charge in [-0.1, -0.05) is 12.1 Å². The Morgan fingerprint density at radius 2 is 1.91 bits per heavy atom. The van der Waals surface area contributed by atoms with Crippen LogP contribution in [0.4, 0.5) is 5.69 Å². The highest BCUT2D eigenvalue weighted by Crippen LogP contribution is 2.24. The molecule has 2 aromatic carbocycles. The van der Waals surface area contributed by atoms with Crippen molar-refractivity contribution in [3.63, 3.8) is 0 Å². The minimum Gasteiger partial charge on any atom is -0.497 e. The molecule has 4 heteroatoms. The zero-order valence-electron chi connectivity index (χ0n) is 12.6. The number of hydrogen-bond donors (Lipinski definition) is 0. The van der Waals surface area contributed by atoms with Crippen molar-refractivity contribution in [3.8, 4) is 11.5 Å². The van der Waals surface area contributed by atoms with E-state index < -0.39 is 0 Å². The van der Waals surface area contributed by atoms with Gasteiger partial charge in [0.25, 0.3) is 0 Å². The summed E-state index contributed by atoms with van der Waals surface area (Å²) >= 11 is 0. The van der Waals surface area contributed by atoms with Crippen LogP contribution < -0.4 is 14.4 Å². The maximum absolute atomic E-state index is 11.7.